The fourth-order valence-electron chi connectivity index (χ4n) is 3.29. The lowest BCUT2D eigenvalue weighted by Gasteiger charge is -2.25. The summed E-state index contributed by atoms with van der Waals surface area (Å²) < 4.78 is 22.2. The highest BCUT2D eigenvalue weighted by molar-refractivity contribution is 6.31. The van der Waals surface area contributed by atoms with Gasteiger partial charge in [0.2, 0.25) is 0 Å². The molecule has 2 aromatic rings. The van der Waals surface area contributed by atoms with Gasteiger partial charge in [-0.25, -0.2) is 0 Å². The van der Waals surface area contributed by atoms with Crippen molar-refractivity contribution in [1.82, 2.24) is 0 Å². The molecule has 28 heavy (non-hydrogen) atoms. The monoisotopic (exact) mass is 403 g/mol. The maximum Gasteiger partial charge on any atom is 0.166 e. The maximum absolute atomic E-state index is 8.42. The van der Waals surface area contributed by atoms with Crippen LogP contribution in [-0.2, 0) is 9.47 Å². The molecule has 0 amide bonds. The van der Waals surface area contributed by atoms with Gasteiger partial charge in [0.25, 0.3) is 0 Å². The summed E-state index contributed by atoms with van der Waals surface area (Å²) in [5.74, 6) is 1.40. The Hall–Kier alpha value is -2.61. The summed E-state index contributed by atoms with van der Waals surface area (Å²) >= 11 is 6.28. The van der Waals surface area contributed by atoms with Crippen molar-refractivity contribution in [3.63, 3.8) is 0 Å². The Bertz CT molecular complexity index is 903. The minimum absolute atomic E-state index is 0.00340. The molecule has 8 heteroatoms. The molecule has 0 saturated carbocycles. The molecule has 0 aliphatic carbocycles. The molecule has 0 spiro atoms. The normalized spacial score (nSPS) is 16.4. The zero-order valence-corrected chi connectivity index (χ0v) is 16.7. The number of halogens is 1. The number of hydrogen-bond acceptors (Lipinski definition) is 6. The number of methoxy groups -OCH3 is 3. The summed E-state index contributed by atoms with van der Waals surface area (Å²) in [7, 11) is 4.66. The van der Waals surface area contributed by atoms with Crippen molar-refractivity contribution in [3.8, 4) is 11.5 Å². The van der Waals surface area contributed by atoms with Gasteiger partial charge in [0.1, 0.15) is 31.0 Å². The molecule has 2 N–H and O–H groups in total. The molecule has 0 fully saturated rings. The molecule has 0 bridgehead atoms. The van der Waals surface area contributed by atoms with Gasteiger partial charge in [-0.3, -0.25) is 15.7 Å². The van der Waals surface area contributed by atoms with Gasteiger partial charge in [-0.05, 0) is 24.3 Å². The quantitative estimate of drug-likeness (QED) is 0.584. The van der Waals surface area contributed by atoms with Gasteiger partial charge in [-0.2, -0.15) is 0 Å². The summed E-state index contributed by atoms with van der Waals surface area (Å²) in [5, 5.41) is 17.3. The predicted octanol–water partition coefficient (Wildman–Crippen LogP) is 3.88. The number of amidine groups is 2. The van der Waals surface area contributed by atoms with E-state index in [4.69, 9.17) is 41.4 Å². The first-order chi connectivity index (χ1) is 13.5. The third kappa shape index (κ3) is 3.69. The van der Waals surface area contributed by atoms with Gasteiger partial charge < -0.3 is 18.9 Å². The molecule has 0 aromatic heterocycles. The zero-order valence-electron chi connectivity index (χ0n) is 15.9. The summed E-state index contributed by atoms with van der Waals surface area (Å²) in [4.78, 5) is 1.52. The largest absolute Gasteiger partial charge is 0.493 e. The number of para-hydroxylation sites is 1. The van der Waals surface area contributed by atoms with Crippen LogP contribution in [0.3, 0.4) is 0 Å². The van der Waals surface area contributed by atoms with Gasteiger partial charge in [0.05, 0.1) is 19.9 Å². The van der Waals surface area contributed by atoms with Crippen molar-refractivity contribution < 1.29 is 18.9 Å². The van der Waals surface area contributed by atoms with Gasteiger partial charge in [-0.15, -0.1) is 0 Å². The number of anilines is 1. The molecular weight excluding hydrogens is 382 g/mol. The summed E-state index contributed by atoms with van der Waals surface area (Å²) in [5.41, 5.74) is 2.12. The van der Waals surface area contributed by atoms with Crippen LogP contribution in [0.15, 0.2) is 36.4 Å². The minimum atomic E-state index is -0.556. The van der Waals surface area contributed by atoms with Crippen LogP contribution >= 0.6 is 11.6 Å². The average Bonchev–Trinajstić information content (AvgIpc) is 2.83. The van der Waals surface area contributed by atoms with Crippen molar-refractivity contribution in [1.29, 1.82) is 10.8 Å². The Balaban J connectivity index is 2.19. The molecular formula is C20H22ClN3O4. The molecule has 3 rings (SSSR count). The van der Waals surface area contributed by atoms with Crippen LogP contribution in [-0.4, -0.2) is 46.2 Å². The Labute approximate surface area is 168 Å². The fourth-order valence-corrected chi connectivity index (χ4v) is 3.47. The van der Waals surface area contributed by atoms with Crippen LogP contribution in [0.2, 0.25) is 5.02 Å². The summed E-state index contributed by atoms with van der Waals surface area (Å²) in [6.45, 7) is 0.0705. The first-order valence-electron chi connectivity index (χ1n) is 8.57. The van der Waals surface area contributed by atoms with E-state index >= 15 is 0 Å². The molecule has 0 saturated heterocycles. The molecule has 1 heterocycles. The fraction of sp³-hybridized carbons (Fsp3) is 0.300. The SMILES string of the molecule is COCC(=N)N1C(=N)COC(c2cccc(OC)c2OC)c2cc(Cl)ccc21. The molecule has 1 aliphatic rings. The second-order valence-corrected chi connectivity index (χ2v) is 6.58. The molecule has 0 radical (unpaired) electrons. The van der Waals surface area contributed by atoms with Gasteiger partial charge in [-0.1, -0.05) is 23.7 Å². The van der Waals surface area contributed by atoms with Crippen molar-refractivity contribution in [3.05, 3.63) is 52.5 Å². The van der Waals surface area contributed by atoms with E-state index in [1.165, 1.54) is 12.0 Å². The van der Waals surface area contributed by atoms with E-state index in [1.807, 2.05) is 12.1 Å². The van der Waals surface area contributed by atoms with E-state index in [9.17, 15) is 0 Å². The van der Waals surface area contributed by atoms with E-state index in [0.29, 0.717) is 22.2 Å². The smallest absolute Gasteiger partial charge is 0.166 e. The molecule has 1 unspecified atom stereocenters. The lowest BCUT2D eigenvalue weighted by atomic mass is 9.98. The van der Waals surface area contributed by atoms with E-state index in [-0.39, 0.29) is 24.9 Å². The van der Waals surface area contributed by atoms with Gasteiger partial charge in [0.15, 0.2) is 11.5 Å². The zero-order chi connectivity index (χ0) is 20.3. The van der Waals surface area contributed by atoms with Crippen LogP contribution in [0.5, 0.6) is 11.5 Å². The molecule has 2 aromatic carbocycles. The number of benzene rings is 2. The van der Waals surface area contributed by atoms with Crippen molar-refractivity contribution >= 4 is 29.0 Å². The molecule has 1 atom stereocenters. The summed E-state index contributed by atoms with van der Waals surface area (Å²) in [6, 6.07) is 10.8. The number of rotatable bonds is 5. The number of ether oxygens (including phenoxy) is 4. The Morgan fingerprint density at radius 2 is 1.96 bits per heavy atom. The number of nitrogens with one attached hydrogen (secondary N) is 2. The third-order valence-electron chi connectivity index (χ3n) is 4.44. The highest BCUT2D eigenvalue weighted by atomic mass is 35.5. The van der Waals surface area contributed by atoms with E-state index in [1.54, 1.807) is 38.5 Å². The molecule has 7 nitrogen and oxygen atoms in total. The van der Waals surface area contributed by atoms with Crippen LogP contribution < -0.4 is 14.4 Å². The first kappa shape index (κ1) is 20.1. The highest BCUT2D eigenvalue weighted by Crippen LogP contribution is 2.43. The topological polar surface area (TPSA) is 87.9 Å². The number of nitrogens with zero attached hydrogens (tertiary/aromatic N) is 1. The molecule has 1 aliphatic heterocycles. The van der Waals surface area contributed by atoms with Crippen LogP contribution in [0.25, 0.3) is 0 Å². The first-order valence-corrected chi connectivity index (χ1v) is 8.95. The average molecular weight is 404 g/mol. The van der Waals surface area contributed by atoms with Crippen molar-refractivity contribution in [2.75, 3.05) is 39.4 Å². The predicted molar refractivity (Wildman–Crippen MR) is 109 cm³/mol. The van der Waals surface area contributed by atoms with E-state index < -0.39 is 6.10 Å². The van der Waals surface area contributed by atoms with Crippen molar-refractivity contribution in [2.24, 2.45) is 0 Å². The Morgan fingerprint density at radius 1 is 1.18 bits per heavy atom. The Morgan fingerprint density at radius 3 is 2.64 bits per heavy atom. The molecule has 148 valence electrons. The third-order valence-corrected chi connectivity index (χ3v) is 4.67. The second kappa shape index (κ2) is 8.60. The minimum Gasteiger partial charge on any atom is -0.493 e. The number of hydrogen-bond donors (Lipinski definition) is 2. The van der Waals surface area contributed by atoms with Gasteiger partial charge >= 0.3 is 0 Å². The lowest BCUT2D eigenvalue weighted by Crippen LogP contribution is -2.39. The van der Waals surface area contributed by atoms with Crippen LogP contribution in [0.1, 0.15) is 17.2 Å². The van der Waals surface area contributed by atoms with Crippen molar-refractivity contribution in [2.45, 2.75) is 6.10 Å². The van der Waals surface area contributed by atoms with Crippen LogP contribution in [0, 0.1) is 10.8 Å². The van der Waals surface area contributed by atoms with Gasteiger partial charge in [0, 0.05) is 23.3 Å². The van der Waals surface area contributed by atoms with E-state index in [2.05, 4.69) is 0 Å². The Kier molecular flexibility index (Phi) is 6.18. The van der Waals surface area contributed by atoms with Crippen LogP contribution in [0.4, 0.5) is 5.69 Å². The number of fused-ring (bicyclic) bond motifs is 1. The standard InChI is InChI=1S/C20H22ClN3O4/c1-25-10-17(22)24-15-8-7-12(21)9-14(15)19(28-11-18(24)23)13-5-4-6-16(26-2)20(13)27-3/h4-9,19,22-23H,10-11H2,1-3H3. The highest BCUT2D eigenvalue weighted by Gasteiger charge is 2.32. The summed E-state index contributed by atoms with van der Waals surface area (Å²) in [6.07, 6.45) is -0.556. The maximum atomic E-state index is 8.42. The second-order valence-electron chi connectivity index (χ2n) is 6.14. The lowest BCUT2D eigenvalue weighted by molar-refractivity contribution is 0.112. The van der Waals surface area contributed by atoms with E-state index in [0.717, 1.165) is 11.1 Å².